The van der Waals surface area contributed by atoms with Crippen molar-refractivity contribution in [2.24, 2.45) is 0 Å². The van der Waals surface area contributed by atoms with E-state index in [1.165, 1.54) is 10.4 Å². The van der Waals surface area contributed by atoms with Gasteiger partial charge in [0.1, 0.15) is 0 Å². The molecule has 33 heavy (non-hydrogen) atoms. The Bertz CT molecular complexity index is 1200. The van der Waals surface area contributed by atoms with Gasteiger partial charge in [-0.3, -0.25) is 9.10 Å². The standard InChI is InChI=1S/C25H26Cl2N2O3S/c1-18-10-12-20(13-11-18)25(19-7-4-3-5-8-19)28-24(30)9-6-16-29(33(2,31)32)23-17-21(26)14-15-22(23)27/h3-5,7-8,10-15,17,25H,6,9,16H2,1-2H3,(H,28,30)/t25-/m1/s1. The minimum Gasteiger partial charge on any atom is -0.345 e. The summed E-state index contributed by atoms with van der Waals surface area (Å²) in [5.41, 5.74) is 3.38. The summed E-state index contributed by atoms with van der Waals surface area (Å²) < 4.78 is 25.9. The summed E-state index contributed by atoms with van der Waals surface area (Å²) in [6, 6.07) is 22.1. The van der Waals surface area contributed by atoms with E-state index in [1.54, 1.807) is 12.1 Å². The number of rotatable bonds is 9. The minimum absolute atomic E-state index is 0.104. The van der Waals surface area contributed by atoms with Crippen molar-refractivity contribution in [1.29, 1.82) is 0 Å². The van der Waals surface area contributed by atoms with Gasteiger partial charge in [0.25, 0.3) is 0 Å². The number of hydrogen-bond acceptors (Lipinski definition) is 3. The molecule has 0 aromatic heterocycles. The van der Waals surface area contributed by atoms with Crippen LogP contribution in [0.25, 0.3) is 0 Å². The van der Waals surface area contributed by atoms with Crippen LogP contribution in [0.2, 0.25) is 10.0 Å². The highest BCUT2D eigenvalue weighted by molar-refractivity contribution is 7.92. The van der Waals surface area contributed by atoms with Crippen LogP contribution < -0.4 is 9.62 Å². The topological polar surface area (TPSA) is 66.5 Å². The number of nitrogens with zero attached hydrogens (tertiary/aromatic N) is 1. The lowest BCUT2D eigenvalue weighted by atomic mass is 9.97. The first-order chi connectivity index (χ1) is 15.6. The third-order valence-corrected chi connectivity index (χ3v) is 6.93. The van der Waals surface area contributed by atoms with E-state index in [9.17, 15) is 13.2 Å². The Morgan fingerprint density at radius 3 is 2.24 bits per heavy atom. The quantitative estimate of drug-likeness (QED) is 0.403. The van der Waals surface area contributed by atoms with Crippen LogP contribution >= 0.6 is 23.2 Å². The molecule has 0 bridgehead atoms. The first kappa shape index (κ1) is 25.1. The Kier molecular flexibility index (Phi) is 8.40. The monoisotopic (exact) mass is 504 g/mol. The molecule has 0 heterocycles. The van der Waals surface area contributed by atoms with Crippen LogP contribution in [-0.4, -0.2) is 27.1 Å². The largest absolute Gasteiger partial charge is 0.345 e. The van der Waals surface area contributed by atoms with Crippen molar-refractivity contribution in [2.75, 3.05) is 17.1 Å². The zero-order valence-corrected chi connectivity index (χ0v) is 20.8. The first-order valence-corrected chi connectivity index (χ1v) is 13.1. The molecule has 0 saturated carbocycles. The molecule has 0 radical (unpaired) electrons. The number of benzene rings is 3. The number of amides is 1. The molecule has 3 rings (SSSR count). The Hall–Kier alpha value is -2.54. The van der Waals surface area contributed by atoms with Gasteiger partial charge < -0.3 is 5.32 Å². The Morgan fingerprint density at radius 1 is 0.970 bits per heavy atom. The van der Waals surface area contributed by atoms with Gasteiger partial charge >= 0.3 is 0 Å². The van der Waals surface area contributed by atoms with Gasteiger partial charge in [-0.1, -0.05) is 83.4 Å². The van der Waals surface area contributed by atoms with E-state index in [0.29, 0.717) is 17.1 Å². The second-order valence-corrected chi connectivity index (χ2v) is 10.6. The van der Waals surface area contributed by atoms with E-state index >= 15 is 0 Å². The number of halogens is 2. The first-order valence-electron chi connectivity index (χ1n) is 10.5. The lowest BCUT2D eigenvalue weighted by Crippen LogP contribution is -2.33. The average molecular weight is 505 g/mol. The smallest absolute Gasteiger partial charge is 0.232 e. The van der Waals surface area contributed by atoms with E-state index in [1.807, 2.05) is 61.5 Å². The maximum Gasteiger partial charge on any atom is 0.232 e. The summed E-state index contributed by atoms with van der Waals surface area (Å²) in [7, 11) is -3.61. The van der Waals surface area contributed by atoms with Gasteiger partial charge in [-0.05, 0) is 42.7 Å². The van der Waals surface area contributed by atoms with Crippen LogP contribution in [0.1, 0.15) is 35.6 Å². The highest BCUT2D eigenvalue weighted by Crippen LogP contribution is 2.31. The maximum atomic E-state index is 12.8. The van der Waals surface area contributed by atoms with Gasteiger partial charge in [0.15, 0.2) is 0 Å². The van der Waals surface area contributed by atoms with Crippen LogP contribution in [0.3, 0.4) is 0 Å². The number of nitrogens with one attached hydrogen (secondary N) is 1. The van der Waals surface area contributed by atoms with Gasteiger partial charge in [-0.2, -0.15) is 0 Å². The van der Waals surface area contributed by atoms with Crippen LogP contribution in [0.15, 0.2) is 72.8 Å². The van der Waals surface area contributed by atoms with Gasteiger partial charge in [0, 0.05) is 18.0 Å². The predicted octanol–water partition coefficient (Wildman–Crippen LogP) is 5.75. The number of sulfonamides is 1. The number of carbonyl (C=O) groups is 1. The van der Waals surface area contributed by atoms with Gasteiger partial charge in [-0.15, -0.1) is 0 Å². The summed E-state index contributed by atoms with van der Waals surface area (Å²) in [4.78, 5) is 12.8. The lowest BCUT2D eigenvalue weighted by Gasteiger charge is -2.24. The third kappa shape index (κ3) is 6.97. The van der Waals surface area contributed by atoms with Crippen molar-refractivity contribution in [3.8, 4) is 0 Å². The van der Waals surface area contributed by atoms with E-state index in [2.05, 4.69) is 5.32 Å². The van der Waals surface area contributed by atoms with E-state index in [0.717, 1.165) is 22.9 Å². The van der Waals surface area contributed by atoms with E-state index < -0.39 is 10.0 Å². The molecule has 0 aliphatic carbocycles. The minimum atomic E-state index is -3.61. The second-order valence-electron chi connectivity index (χ2n) is 7.86. The molecule has 174 valence electrons. The molecule has 0 aliphatic rings. The van der Waals surface area contributed by atoms with Crippen LogP contribution in [0.4, 0.5) is 5.69 Å². The van der Waals surface area contributed by atoms with Crippen molar-refractivity contribution < 1.29 is 13.2 Å². The van der Waals surface area contributed by atoms with Gasteiger partial charge in [0.05, 0.1) is 23.0 Å². The number of hydrogen-bond donors (Lipinski definition) is 1. The lowest BCUT2D eigenvalue weighted by molar-refractivity contribution is -0.121. The SMILES string of the molecule is Cc1ccc([C@H](NC(=O)CCCN(c2cc(Cl)ccc2Cl)S(C)(=O)=O)c2ccccc2)cc1. The molecule has 0 spiro atoms. The molecule has 0 saturated heterocycles. The molecule has 3 aromatic rings. The fraction of sp³-hybridized carbons (Fsp3) is 0.240. The van der Waals surface area contributed by atoms with Crippen LogP contribution in [0.5, 0.6) is 0 Å². The highest BCUT2D eigenvalue weighted by Gasteiger charge is 2.21. The number of anilines is 1. The summed E-state index contributed by atoms with van der Waals surface area (Å²) in [5, 5.41) is 3.74. The van der Waals surface area contributed by atoms with Crippen molar-refractivity contribution in [3.05, 3.63) is 99.5 Å². The summed E-state index contributed by atoms with van der Waals surface area (Å²) in [5.74, 6) is -0.171. The molecule has 8 heteroatoms. The normalized spacial score (nSPS) is 12.2. The average Bonchev–Trinajstić information content (AvgIpc) is 2.77. The molecule has 5 nitrogen and oxygen atoms in total. The molecule has 3 aromatic carbocycles. The summed E-state index contributed by atoms with van der Waals surface area (Å²) in [6.07, 6.45) is 1.57. The maximum absolute atomic E-state index is 12.8. The summed E-state index contributed by atoms with van der Waals surface area (Å²) >= 11 is 12.2. The Morgan fingerprint density at radius 2 is 1.61 bits per heavy atom. The van der Waals surface area contributed by atoms with Crippen molar-refractivity contribution in [2.45, 2.75) is 25.8 Å². The van der Waals surface area contributed by atoms with Gasteiger partial charge in [-0.25, -0.2) is 8.42 Å². The predicted molar refractivity (Wildman–Crippen MR) is 135 cm³/mol. The zero-order chi connectivity index (χ0) is 24.0. The Labute approximate surface area is 205 Å². The molecular formula is C25H26Cl2N2O3S. The van der Waals surface area contributed by atoms with E-state index in [4.69, 9.17) is 23.2 Å². The summed E-state index contributed by atoms with van der Waals surface area (Å²) in [6.45, 7) is 2.12. The van der Waals surface area contributed by atoms with Crippen molar-refractivity contribution in [1.82, 2.24) is 5.32 Å². The van der Waals surface area contributed by atoms with Crippen molar-refractivity contribution >= 4 is 44.8 Å². The van der Waals surface area contributed by atoms with Crippen LogP contribution in [-0.2, 0) is 14.8 Å². The molecule has 0 aliphatic heterocycles. The molecule has 0 unspecified atom stereocenters. The zero-order valence-electron chi connectivity index (χ0n) is 18.5. The van der Waals surface area contributed by atoms with Gasteiger partial charge in [0.2, 0.25) is 15.9 Å². The third-order valence-electron chi connectivity index (χ3n) is 5.19. The highest BCUT2D eigenvalue weighted by atomic mass is 35.5. The fourth-order valence-electron chi connectivity index (χ4n) is 3.52. The number of aryl methyl sites for hydroxylation is 1. The Balaban J connectivity index is 1.71. The molecule has 1 amide bonds. The molecule has 0 fully saturated rings. The number of carbonyl (C=O) groups excluding carboxylic acids is 1. The fourth-order valence-corrected chi connectivity index (χ4v) is 4.93. The molecule has 1 atom stereocenters. The van der Waals surface area contributed by atoms with Crippen molar-refractivity contribution in [3.63, 3.8) is 0 Å². The van der Waals surface area contributed by atoms with Crippen LogP contribution in [0, 0.1) is 6.92 Å². The van der Waals surface area contributed by atoms with E-state index in [-0.39, 0.29) is 29.9 Å². The molecule has 1 N–H and O–H groups in total. The molecular weight excluding hydrogens is 479 g/mol. The second kappa shape index (κ2) is 11.1.